The molecule has 132 valence electrons. The Morgan fingerprint density at radius 3 is 2.46 bits per heavy atom. The van der Waals surface area contributed by atoms with Crippen molar-refractivity contribution >= 4 is 23.1 Å². The van der Waals surface area contributed by atoms with Crippen molar-refractivity contribution in [2.45, 2.75) is 18.8 Å². The number of carbonyl (C=O) groups is 2. The molecular formula is C20H16FNO3S. The molecule has 0 aliphatic heterocycles. The Morgan fingerprint density at radius 2 is 1.77 bits per heavy atom. The van der Waals surface area contributed by atoms with Crippen LogP contribution in [0.5, 0.6) is 0 Å². The molecular weight excluding hydrogens is 353 g/mol. The molecule has 0 radical (unpaired) electrons. The van der Waals surface area contributed by atoms with Crippen molar-refractivity contribution in [3.8, 4) is 10.6 Å². The summed E-state index contributed by atoms with van der Waals surface area (Å²) >= 11 is 1.43. The number of benzene rings is 2. The fourth-order valence-electron chi connectivity index (χ4n) is 2.69. The fraction of sp³-hybridized carbons (Fsp3) is 0.150. The van der Waals surface area contributed by atoms with E-state index in [2.05, 4.69) is 4.98 Å². The normalized spacial score (nSPS) is 11.9. The Morgan fingerprint density at radius 1 is 1.08 bits per heavy atom. The lowest BCUT2D eigenvalue weighted by Crippen LogP contribution is -2.18. The fourth-order valence-corrected chi connectivity index (χ4v) is 3.52. The summed E-state index contributed by atoms with van der Waals surface area (Å²) in [6, 6.07) is 15.2. The van der Waals surface area contributed by atoms with E-state index < -0.39 is 17.7 Å². The van der Waals surface area contributed by atoms with Crippen LogP contribution >= 0.6 is 11.3 Å². The highest BCUT2D eigenvalue weighted by atomic mass is 32.1. The van der Waals surface area contributed by atoms with Crippen molar-refractivity contribution in [2.75, 3.05) is 0 Å². The quantitative estimate of drug-likeness (QED) is 0.673. The maximum absolute atomic E-state index is 13.9. The standard InChI is InChI=1S/C20H16FNO3S/c21-18-9-5-4-8-16(18)17(20(24)25)11-15(23)10-14-12-26-19(22-14)13-6-2-1-3-7-13/h1-9,12,17H,10-11H2,(H,24,25). The van der Waals surface area contributed by atoms with E-state index in [0.29, 0.717) is 5.69 Å². The molecule has 0 saturated carbocycles. The second kappa shape index (κ2) is 8.01. The number of hydrogen-bond donors (Lipinski definition) is 1. The van der Waals surface area contributed by atoms with Crippen LogP contribution in [-0.4, -0.2) is 21.8 Å². The second-order valence-corrected chi connectivity index (χ2v) is 6.70. The van der Waals surface area contributed by atoms with Crippen LogP contribution in [-0.2, 0) is 16.0 Å². The lowest BCUT2D eigenvalue weighted by Gasteiger charge is -2.12. The van der Waals surface area contributed by atoms with Crippen molar-refractivity contribution in [2.24, 2.45) is 0 Å². The zero-order chi connectivity index (χ0) is 18.5. The van der Waals surface area contributed by atoms with Gasteiger partial charge >= 0.3 is 5.97 Å². The molecule has 0 aliphatic rings. The molecule has 0 spiro atoms. The number of Topliss-reactive ketones (excluding diaryl/α,β-unsaturated/α-hetero) is 1. The minimum atomic E-state index is -1.22. The molecule has 1 unspecified atom stereocenters. The predicted molar refractivity (Wildman–Crippen MR) is 97.7 cm³/mol. The van der Waals surface area contributed by atoms with Gasteiger partial charge in [0.05, 0.1) is 11.6 Å². The molecule has 1 heterocycles. The Bertz CT molecular complexity index is 924. The van der Waals surface area contributed by atoms with Crippen LogP contribution < -0.4 is 0 Å². The molecule has 0 fully saturated rings. The molecule has 1 atom stereocenters. The third-order valence-corrected chi connectivity index (χ3v) is 4.90. The van der Waals surface area contributed by atoms with Gasteiger partial charge in [-0.25, -0.2) is 9.37 Å². The van der Waals surface area contributed by atoms with E-state index in [9.17, 15) is 19.1 Å². The zero-order valence-corrected chi connectivity index (χ0v) is 14.6. The van der Waals surface area contributed by atoms with Crippen LogP contribution in [0.2, 0.25) is 0 Å². The zero-order valence-electron chi connectivity index (χ0n) is 13.8. The van der Waals surface area contributed by atoms with Gasteiger partial charge in [-0.05, 0) is 6.07 Å². The molecule has 2 aromatic carbocycles. The molecule has 0 amide bonds. The Hall–Kier alpha value is -2.86. The molecule has 0 saturated heterocycles. The lowest BCUT2D eigenvalue weighted by molar-refractivity contribution is -0.140. The molecule has 1 N–H and O–H groups in total. The highest BCUT2D eigenvalue weighted by molar-refractivity contribution is 7.13. The van der Waals surface area contributed by atoms with Crippen LogP contribution in [0, 0.1) is 5.82 Å². The number of aliphatic carboxylic acids is 1. The Kier molecular flexibility index (Phi) is 5.53. The van der Waals surface area contributed by atoms with E-state index in [1.165, 1.54) is 29.5 Å². The van der Waals surface area contributed by atoms with Crippen molar-refractivity contribution < 1.29 is 19.1 Å². The second-order valence-electron chi connectivity index (χ2n) is 5.84. The van der Waals surface area contributed by atoms with Crippen LogP contribution in [0.15, 0.2) is 60.0 Å². The van der Waals surface area contributed by atoms with Crippen molar-refractivity contribution in [1.29, 1.82) is 0 Å². The topological polar surface area (TPSA) is 67.3 Å². The van der Waals surface area contributed by atoms with Gasteiger partial charge in [-0.1, -0.05) is 48.5 Å². The van der Waals surface area contributed by atoms with Gasteiger partial charge in [0, 0.05) is 29.3 Å². The van der Waals surface area contributed by atoms with Crippen LogP contribution in [0.4, 0.5) is 4.39 Å². The number of hydrogen-bond acceptors (Lipinski definition) is 4. The average molecular weight is 369 g/mol. The Labute approximate surface area is 154 Å². The summed E-state index contributed by atoms with van der Waals surface area (Å²) in [5.74, 6) is -3.32. The van der Waals surface area contributed by atoms with Gasteiger partial charge in [-0.2, -0.15) is 0 Å². The first-order chi connectivity index (χ1) is 12.5. The first-order valence-corrected chi connectivity index (χ1v) is 8.91. The number of carboxylic acid groups (broad SMARTS) is 1. The summed E-state index contributed by atoms with van der Waals surface area (Å²) in [6.45, 7) is 0. The Balaban J connectivity index is 1.71. The van der Waals surface area contributed by atoms with Gasteiger partial charge in [0.15, 0.2) is 0 Å². The summed E-state index contributed by atoms with van der Waals surface area (Å²) in [4.78, 5) is 28.3. The summed E-state index contributed by atoms with van der Waals surface area (Å²) in [6.07, 6.45) is -0.240. The van der Waals surface area contributed by atoms with Crippen LogP contribution in [0.3, 0.4) is 0 Å². The number of carboxylic acids is 1. The van der Waals surface area contributed by atoms with Gasteiger partial charge in [-0.15, -0.1) is 11.3 Å². The number of thiazole rings is 1. The van der Waals surface area contributed by atoms with Crippen LogP contribution in [0.1, 0.15) is 23.6 Å². The maximum Gasteiger partial charge on any atom is 0.311 e. The van der Waals surface area contributed by atoms with Gasteiger partial charge in [-0.3, -0.25) is 9.59 Å². The minimum absolute atomic E-state index is 0.0246. The number of carbonyl (C=O) groups excluding carboxylic acids is 1. The summed E-state index contributed by atoms with van der Waals surface area (Å²) in [5.41, 5.74) is 1.58. The third kappa shape index (κ3) is 4.21. The number of rotatable bonds is 7. The highest BCUT2D eigenvalue weighted by Crippen LogP contribution is 2.26. The smallest absolute Gasteiger partial charge is 0.311 e. The molecule has 1 aromatic heterocycles. The van der Waals surface area contributed by atoms with Gasteiger partial charge in [0.1, 0.15) is 16.6 Å². The van der Waals surface area contributed by atoms with E-state index in [1.807, 2.05) is 30.3 Å². The lowest BCUT2D eigenvalue weighted by atomic mass is 9.92. The largest absolute Gasteiger partial charge is 0.481 e. The van der Waals surface area contributed by atoms with Crippen LogP contribution in [0.25, 0.3) is 10.6 Å². The molecule has 26 heavy (non-hydrogen) atoms. The molecule has 0 bridgehead atoms. The van der Waals surface area contributed by atoms with Gasteiger partial charge in [0.2, 0.25) is 0 Å². The summed E-state index contributed by atoms with van der Waals surface area (Å²) in [7, 11) is 0. The van der Waals surface area contributed by atoms with Gasteiger partial charge < -0.3 is 5.11 Å². The predicted octanol–water partition coefficient (Wildman–Crippen LogP) is 4.32. The summed E-state index contributed by atoms with van der Waals surface area (Å²) in [5, 5.41) is 12.0. The first kappa shape index (κ1) is 17.9. The average Bonchev–Trinajstić information content (AvgIpc) is 3.09. The van der Waals surface area contributed by atoms with Crippen molar-refractivity contribution in [3.05, 3.63) is 77.1 Å². The summed E-state index contributed by atoms with van der Waals surface area (Å²) < 4.78 is 13.9. The molecule has 3 rings (SSSR count). The van der Waals surface area contributed by atoms with Gasteiger partial charge in [0.25, 0.3) is 0 Å². The molecule has 6 heteroatoms. The van der Waals surface area contributed by atoms with E-state index in [1.54, 1.807) is 11.4 Å². The maximum atomic E-state index is 13.9. The number of nitrogens with zero attached hydrogens (tertiary/aromatic N) is 1. The van der Waals surface area contributed by atoms with E-state index in [0.717, 1.165) is 10.6 Å². The molecule has 0 aliphatic carbocycles. The van der Waals surface area contributed by atoms with Crippen molar-refractivity contribution in [3.63, 3.8) is 0 Å². The minimum Gasteiger partial charge on any atom is -0.481 e. The SMILES string of the molecule is O=C(Cc1csc(-c2ccccc2)n1)CC(C(=O)O)c1ccccc1F. The molecule has 4 nitrogen and oxygen atoms in total. The highest BCUT2D eigenvalue weighted by Gasteiger charge is 2.26. The van der Waals surface area contributed by atoms with Crippen molar-refractivity contribution in [1.82, 2.24) is 4.98 Å². The number of halogens is 1. The third-order valence-electron chi connectivity index (χ3n) is 3.96. The number of ketones is 1. The molecule has 3 aromatic rings. The van der Waals surface area contributed by atoms with E-state index >= 15 is 0 Å². The first-order valence-electron chi connectivity index (χ1n) is 8.03. The number of aromatic nitrogens is 1. The van der Waals surface area contributed by atoms with E-state index in [-0.39, 0.29) is 24.2 Å². The monoisotopic (exact) mass is 369 g/mol. The van der Waals surface area contributed by atoms with E-state index in [4.69, 9.17) is 0 Å².